The number of aliphatic hydroxyl groups is 1. The summed E-state index contributed by atoms with van der Waals surface area (Å²) in [4.78, 5) is 34.8. The van der Waals surface area contributed by atoms with Crippen LogP contribution >= 0.6 is 11.8 Å². The number of nitrogens with zero attached hydrogens (tertiary/aromatic N) is 2. The predicted molar refractivity (Wildman–Crippen MR) is 136 cm³/mol. The minimum atomic E-state index is -0.689. The predicted octanol–water partition coefficient (Wildman–Crippen LogP) is 3.64. The van der Waals surface area contributed by atoms with E-state index in [1.54, 1.807) is 6.08 Å². The monoisotopic (exact) mass is 502 g/mol. The Labute approximate surface area is 211 Å². The Morgan fingerprint density at radius 2 is 1.94 bits per heavy atom. The zero-order valence-electron chi connectivity index (χ0n) is 21.1. The first-order chi connectivity index (χ1) is 16.4. The van der Waals surface area contributed by atoms with Crippen LogP contribution in [0, 0.1) is 34.0 Å². The Morgan fingerprint density at radius 1 is 1.29 bits per heavy atom. The van der Waals surface area contributed by atoms with Crippen molar-refractivity contribution in [1.82, 2.24) is 9.97 Å². The molecule has 0 spiro atoms. The van der Waals surface area contributed by atoms with Crippen LogP contribution in [-0.2, 0) is 14.3 Å². The van der Waals surface area contributed by atoms with Crippen molar-refractivity contribution < 1.29 is 19.4 Å². The minimum absolute atomic E-state index is 0.0165. The van der Waals surface area contributed by atoms with Crippen LogP contribution in [0.1, 0.15) is 59.8 Å². The summed E-state index contributed by atoms with van der Waals surface area (Å²) in [7, 11) is 0. The second-order valence-electron chi connectivity index (χ2n) is 11.4. The molecule has 3 aliphatic carbocycles. The lowest BCUT2D eigenvalue weighted by molar-refractivity contribution is -0.205. The van der Waals surface area contributed by atoms with Gasteiger partial charge in [0, 0.05) is 29.2 Å². The molecule has 0 aliphatic heterocycles. The van der Waals surface area contributed by atoms with Crippen LogP contribution in [-0.4, -0.2) is 44.8 Å². The lowest BCUT2D eigenvalue weighted by atomic mass is 9.44. The maximum atomic E-state index is 13.4. The summed E-state index contributed by atoms with van der Waals surface area (Å²) in [5, 5.41) is 11.9. The van der Waals surface area contributed by atoms with Crippen molar-refractivity contribution in [2.75, 3.05) is 17.2 Å². The van der Waals surface area contributed by atoms with Crippen molar-refractivity contribution in [2.24, 2.45) is 34.0 Å². The Bertz CT molecular complexity index is 1020. The summed E-state index contributed by atoms with van der Waals surface area (Å²) >= 11 is 1.11. The fourth-order valence-electron chi connectivity index (χ4n) is 7.34. The second-order valence-corrected chi connectivity index (χ2v) is 12.3. The van der Waals surface area contributed by atoms with Gasteiger partial charge in [-0.2, -0.15) is 0 Å². The molecule has 3 aliphatic rings. The van der Waals surface area contributed by atoms with Crippen molar-refractivity contribution >= 4 is 35.2 Å². The summed E-state index contributed by atoms with van der Waals surface area (Å²) in [5.41, 5.74) is 9.99. The number of ketones is 1. The molecule has 1 aromatic rings. The number of anilines is 2. The average molecular weight is 503 g/mol. The van der Waals surface area contributed by atoms with Crippen molar-refractivity contribution in [3.8, 4) is 0 Å². The van der Waals surface area contributed by atoms with Gasteiger partial charge in [-0.3, -0.25) is 9.59 Å². The smallest absolute Gasteiger partial charge is 0.316 e. The van der Waals surface area contributed by atoms with Crippen molar-refractivity contribution in [3.63, 3.8) is 0 Å². The van der Waals surface area contributed by atoms with E-state index >= 15 is 0 Å². The van der Waals surface area contributed by atoms with E-state index in [0.29, 0.717) is 18.0 Å². The molecule has 0 saturated heterocycles. The summed E-state index contributed by atoms with van der Waals surface area (Å²) in [6.45, 7) is 12.4. The molecule has 2 bridgehead atoms. The standard InChI is InChI=1S/C26H38N4O4S/c1-6-24(4)12-17(34-20(32)13-35-23-29-18(27)11-19(28)30-23)25(5)14(2)7-9-26(15(3)22(24)33)10-8-16(31)21(25)26/h6,11,14-15,17,21-22,33H,1,7-10,12-13H2,2-5H3,(H4,27,28,29,30)/t14-,15+,17-,21+,22+,24-,25+,26+/m1/s1. The number of rotatable bonds is 5. The van der Waals surface area contributed by atoms with Crippen LogP contribution in [0.4, 0.5) is 11.6 Å². The number of hydrogen-bond acceptors (Lipinski definition) is 9. The molecule has 1 heterocycles. The summed E-state index contributed by atoms with van der Waals surface area (Å²) in [6.07, 6.45) is 4.08. The van der Waals surface area contributed by atoms with Gasteiger partial charge in [-0.1, -0.05) is 45.5 Å². The summed E-state index contributed by atoms with van der Waals surface area (Å²) in [6, 6.07) is 1.45. The molecule has 3 saturated carbocycles. The third-order valence-electron chi connectivity index (χ3n) is 9.64. The van der Waals surface area contributed by atoms with E-state index < -0.39 is 29.0 Å². The molecule has 8 atom stereocenters. The fraction of sp³-hybridized carbons (Fsp3) is 0.692. The van der Waals surface area contributed by atoms with Crippen molar-refractivity contribution in [3.05, 3.63) is 18.7 Å². The molecular weight excluding hydrogens is 464 g/mol. The third kappa shape index (κ3) is 4.14. The Hall–Kier alpha value is -2.13. The Kier molecular flexibility index (Phi) is 6.72. The van der Waals surface area contributed by atoms with E-state index in [0.717, 1.165) is 31.0 Å². The van der Waals surface area contributed by atoms with E-state index in [1.807, 2.05) is 6.92 Å². The number of aliphatic hydroxyl groups excluding tert-OH is 1. The molecule has 4 rings (SSSR count). The molecule has 0 unspecified atom stereocenters. The molecule has 8 nitrogen and oxygen atoms in total. The number of nitrogen functional groups attached to an aromatic ring is 2. The Balaban J connectivity index is 1.68. The molecule has 3 fully saturated rings. The number of nitrogens with two attached hydrogens (primary N) is 2. The van der Waals surface area contributed by atoms with Gasteiger partial charge in [0.05, 0.1) is 11.9 Å². The van der Waals surface area contributed by atoms with Gasteiger partial charge in [0.25, 0.3) is 0 Å². The first kappa shape index (κ1) is 25.9. The van der Waals surface area contributed by atoms with E-state index in [-0.39, 0.29) is 46.3 Å². The Morgan fingerprint density at radius 3 is 2.57 bits per heavy atom. The van der Waals surface area contributed by atoms with Crippen LogP contribution < -0.4 is 11.5 Å². The van der Waals surface area contributed by atoms with Crippen LogP contribution in [0.5, 0.6) is 0 Å². The second kappa shape index (κ2) is 9.07. The first-order valence-electron chi connectivity index (χ1n) is 12.4. The zero-order valence-corrected chi connectivity index (χ0v) is 21.9. The maximum absolute atomic E-state index is 13.4. The summed E-state index contributed by atoms with van der Waals surface area (Å²) < 4.78 is 6.21. The molecule has 35 heavy (non-hydrogen) atoms. The topological polar surface area (TPSA) is 141 Å². The lowest BCUT2D eigenvalue weighted by Crippen LogP contribution is -2.63. The highest BCUT2D eigenvalue weighted by molar-refractivity contribution is 7.99. The quantitative estimate of drug-likeness (QED) is 0.238. The number of carbonyl (C=O) groups excluding carboxylic acids is 2. The SMILES string of the molecule is C=C[C@]1(C)C[C@@H](OC(=O)CSc2nc(N)cc(N)n2)[C@]2(C)[C@H](C)CC[C@]3(CCC(=O)[C@H]32)[C@@H](C)[C@@H]1O. The van der Waals surface area contributed by atoms with Gasteiger partial charge >= 0.3 is 5.97 Å². The summed E-state index contributed by atoms with van der Waals surface area (Å²) in [5.74, 6) is 0.135. The average Bonchev–Trinajstić information content (AvgIpc) is 3.16. The first-order valence-corrected chi connectivity index (χ1v) is 13.4. The molecule has 5 N–H and O–H groups in total. The normalized spacial score (nSPS) is 40.9. The van der Waals surface area contributed by atoms with Gasteiger partial charge in [-0.15, -0.1) is 6.58 Å². The number of carbonyl (C=O) groups is 2. The van der Waals surface area contributed by atoms with E-state index in [1.165, 1.54) is 6.07 Å². The number of aromatic nitrogens is 2. The van der Waals surface area contributed by atoms with Gasteiger partial charge in [0.2, 0.25) is 0 Å². The van der Waals surface area contributed by atoms with E-state index in [9.17, 15) is 14.7 Å². The molecule has 0 radical (unpaired) electrons. The zero-order chi connectivity index (χ0) is 25.8. The fourth-order valence-corrected chi connectivity index (χ4v) is 8.00. The highest BCUT2D eigenvalue weighted by atomic mass is 32.2. The van der Waals surface area contributed by atoms with Crippen LogP contribution in [0.3, 0.4) is 0 Å². The van der Waals surface area contributed by atoms with Crippen LogP contribution in [0.2, 0.25) is 0 Å². The molecule has 192 valence electrons. The molecule has 1 aromatic heterocycles. The molecule has 0 aromatic carbocycles. The van der Waals surface area contributed by atoms with Gasteiger partial charge in [0.15, 0.2) is 5.16 Å². The van der Waals surface area contributed by atoms with Crippen molar-refractivity contribution in [2.45, 2.75) is 77.2 Å². The largest absolute Gasteiger partial charge is 0.461 e. The number of thioether (sulfide) groups is 1. The van der Waals surface area contributed by atoms with Gasteiger partial charge < -0.3 is 21.3 Å². The molecular formula is C26H38N4O4S. The number of Topliss-reactive ketones (excluding diaryl/α,β-unsaturated/α-hetero) is 1. The van der Waals surface area contributed by atoms with Crippen LogP contribution in [0.15, 0.2) is 23.9 Å². The van der Waals surface area contributed by atoms with E-state index in [2.05, 4.69) is 37.3 Å². The van der Waals surface area contributed by atoms with E-state index in [4.69, 9.17) is 16.2 Å². The van der Waals surface area contributed by atoms with Gasteiger partial charge in [-0.25, -0.2) is 9.97 Å². The highest BCUT2D eigenvalue weighted by Crippen LogP contribution is 2.68. The molecule has 9 heteroatoms. The van der Waals surface area contributed by atoms with Crippen LogP contribution in [0.25, 0.3) is 0 Å². The minimum Gasteiger partial charge on any atom is -0.461 e. The number of esters is 1. The molecule has 0 amide bonds. The number of ether oxygens (including phenoxy) is 1. The third-order valence-corrected chi connectivity index (χ3v) is 10.5. The highest BCUT2D eigenvalue weighted by Gasteiger charge is 2.68. The lowest BCUT2D eigenvalue weighted by Gasteiger charge is -2.61. The van der Waals surface area contributed by atoms with Gasteiger partial charge in [-0.05, 0) is 42.9 Å². The van der Waals surface area contributed by atoms with Gasteiger partial charge in [0.1, 0.15) is 23.5 Å². The van der Waals surface area contributed by atoms with Crippen molar-refractivity contribution in [1.29, 1.82) is 0 Å². The number of hydrogen-bond donors (Lipinski definition) is 3. The maximum Gasteiger partial charge on any atom is 0.316 e.